The van der Waals surface area contributed by atoms with Crippen LogP contribution >= 0.6 is 0 Å². The molecule has 1 aliphatic heterocycles. The van der Waals surface area contributed by atoms with Gasteiger partial charge >= 0.3 is 0 Å². The maximum Gasteiger partial charge on any atom is 0.226 e. The first kappa shape index (κ1) is 11.5. The molecule has 1 unspecified atom stereocenters. The molecule has 82 valence electrons. The Labute approximate surface area is 86.2 Å². The predicted octanol–water partition coefficient (Wildman–Crippen LogP) is -0.384. The lowest BCUT2D eigenvalue weighted by Crippen LogP contribution is -2.37. The van der Waals surface area contributed by atoms with Gasteiger partial charge in [0.2, 0.25) is 5.91 Å². The van der Waals surface area contributed by atoms with Gasteiger partial charge in [-0.2, -0.15) is 0 Å². The number of likely N-dealkylation sites (tertiary alicyclic amines) is 1. The first-order valence-corrected chi connectivity index (χ1v) is 5.23. The van der Waals surface area contributed by atoms with Gasteiger partial charge in [-0.05, 0) is 27.1 Å². The summed E-state index contributed by atoms with van der Waals surface area (Å²) in [5, 5.41) is 3.05. The molecule has 0 aromatic heterocycles. The molecule has 1 aliphatic rings. The maximum absolute atomic E-state index is 11.9. The minimum Gasteiger partial charge on any atom is -0.344 e. The third-order valence-corrected chi connectivity index (χ3v) is 2.81. The van der Waals surface area contributed by atoms with Gasteiger partial charge in [-0.25, -0.2) is 0 Å². The van der Waals surface area contributed by atoms with Gasteiger partial charge in [0.05, 0.1) is 5.92 Å². The van der Waals surface area contributed by atoms with E-state index < -0.39 is 0 Å². The van der Waals surface area contributed by atoms with Crippen molar-refractivity contribution in [2.45, 2.75) is 6.42 Å². The van der Waals surface area contributed by atoms with E-state index >= 15 is 0 Å². The van der Waals surface area contributed by atoms with Crippen molar-refractivity contribution in [1.29, 1.82) is 0 Å². The SMILES string of the molecule is CNCCN(C)C(=O)C1CCN(C)C1. The molecule has 1 fully saturated rings. The second-order valence-corrected chi connectivity index (χ2v) is 4.11. The lowest BCUT2D eigenvalue weighted by atomic mass is 10.1. The molecule has 1 atom stereocenters. The fourth-order valence-electron chi connectivity index (χ4n) is 1.84. The zero-order valence-corrected chi connectivity index (χ0v) is 9.42. The molecule has 1 heterocycles. The quantitative estimate of drug-likeness (QED) is 0.670. The summed E-state index contributed by atoms with van der Waals surface area (Å²) in [6, 6.07) is 0. The summed E-state index contributed by atoms with van der Waals surface area (Å²) >= 11 is 0. The van der Waals surface area contributed by atoms with E-state index in [0.717, 1.165) is 32.6 Å². The first-order valence-electron chi connectivity index (χ1n) is 5.23. The monoisotopic (exact) mass is 199 g/mol. The van der Waals surface area contributed by atoms with Gasteiger partial charge in [0.25, 0.3) is 0 Å². The van der Waals surface area contributed by atoms with Crippen LogP contribution < -0.4 is 5.32 Å². The number of nitrogens with one attached hydrogen (secondary N) is 1. The summed E-state index contributed by atoms with van der Waals surface area (Å²) < 4.78 is 0. The Bertz CT molecular complexity index is 196. The van der Waals surface area contributed by atoms with Gasteiger partial charge in [0.1, 0.15) is 0 Å². The van der Waals surface area contributed by atoms with Crippen molar-refractivity contribution in [1.82, 2.24) is 15.1 Å². The van der Waals surface area contributed by atoms with Gasteiger partial charge in [-0.1, -0.05) is 0 Å². The van der Waals surface area contributed by atoms with Crippen LogP contribution in [0.3, 0.4) is 0 Å². The highest BCUT2D eigenvalue weighted by molar-refractivity contribution is 5.79. The standard InChI is InChI=1S/C10H21N3O/c1-11-5-7-13(3)10(14)9-4-6-12(2)8-9/h9,11H,4-8H2,1-3H3. The van der Waals surface area contributed by atoms with Crippen LogP contribution in [0.25, 0.3) is 0 Å². The Hall–Kier alpha value is -0.610. The summed E-state index contributed by atoms with van der Waals surface area (Å²) in [4.78, 5) is 15.9. The maximum atomic E-state index is 11.9. The van der Waals surface area contributed by atoms with E-state index in [1.165, 1.54) is 0 Å². The Morgan fingerprint density at radius 2 is 2.36 bits per heavy atom. The Morgan fingerprint density at radius 3 is 2.86 bits per heavy atom. The number of carbonyl (C=O) groups is 1. The highest BCUT2D eigenvalue weighted by Gasteiger charge is 2.27. The fourth-order valence-corrected chi connectivity index (χ4v) is 1.84. The molecule has 4 heteroatoms. The van der Waals surface area contributed by atoms with Gasteiger partial charge < -0.3 is 15.1 Å². The van der Waals surface area contributed by atoms with E-state index in [-0.39, 0.29) is 5.92 Å². The number of likely N-dealkylation sites (N-methyl/N-ethyl adjacent to an activating group) is 2. The van der Waals surface area contributed by atoms with Crippen molar-refractivity contribution in [3.05, 3.63) is 0 Å². The van der Waals surface area contributed by atoms with Crippen molar-refractivity contribution in [2.24, 2.45) is 5.92 Å². The molecule has 0 aromatic rings. The van der Waals surface area contributed by atoms with Crippen molar-refractivity contribution in [3.8, 4) is 0 Å². The van der Waals surface area contributed by atoms with Crippen LogP contribution in [0.5, 0.6) is 0 Å². The molecular formula is C10H21N3O. The Morgan fingerprint density at radius 1 is 1.64 bits per heavy atom. The third-order valence-electron chi connectivity index (χ3n) is 2.81. The molecule has 0 spiro atoms. The molecule has 0 aliphatic carbocycles. The van der Waals surface area contributed by atoms with Gasteiger partial charge in [0, 0.05) is 26.7 Å². The molecule has 0 radical (unpaired) electrons. The highest BCUT2D eigenvalue weighted by Crippen LogP contribution is 2.16. The second-order valence-electron chi connectivity index (χ2n) is 4.11. The second kappa shape index (κ2) is 5.32. The van der Waals surface area contributed by atoms with Crippen LogP contribution in [0.1, 0.15) is 6.42 Å². The normalized spacial score (nSPS) is 22.6. The van der Waals surface area contributed by atoms with Gasteiger partial charge in [-0.15, -0.1) is 0 Å². The summed E-state index contributed by atoms with van der Waals surface area (Å²) in [5.74, 6) is 0.520. The van der Waals surface area contributed by atoms with Crippen molar-refractivity contribution >= 4 is 5.91 Å². The molecule has 1 saturated heterocycles. The van der Waals surface area contributed by atoms with Gasteiger partial charge in [0.15, 0.2) is 0 Å². The Kier molecular flexibility index (Phi) is 4.35. The van der Waals surface area contributed by atoms with Crippen LogP contribution in [0, 0.1) is 5.92 Å². The smallest absolute Gasteiger partial charge is 0.226 e. The van der Waals surface area contributed by atoms with Crippen molar-refractivity contribution < 1.29 is 4.79 Å². The van der Waals surface area contributed by atoms with E-state index in [0.29, 0.717) is 5.91 Å². The van der Waals surface area contributed by atoms with E-state index in [9.17, 15) is 4.79 Å². The molecule has 0 bridgehead atoms. The van der Waals surface area contributed by atoms with E-state index in [1.54, 1.807) is 0 Å². The molecule has 0 aromatic carbocycles. The minimum atomic E-state index is 0.224. The average molecular weight is 199 g/mol. The number of carbonyl (C=O) groups excluding carboxylic acids is 1. The molecule has 14 heavy (non-hydrogen) atoms. The number of nitrogens with zero attached hydrogens (tertiary/aromatic N) is 2. The topological polar surface area (TPSA) is 35.6 Å². The zero-order valence-electron chi connectivity index (χ0n) is 9.42. The number of hydrogen-bond donors (Lipinski definition) is 1. The summed E-state index contributed by atoms with van der Waals surface area (Å²) in [6.45, 7) is 3.64. The minimum absolute atomic E-state index is 0.224. The number of rotatable bonds is 4. The lowest BCUT2D eigenvalue weighted by Gasteiger charge is -2.20. The molecule has 1 rings (SSSR count). The molecule has 0 saturated carbocycles. The third kappa shape index (κ3) is 2.96. The predicted molar refractivity (Wildman–Crippen MR) is 57.2 cm³/mol. The molecule has 4 nitrogen and oxygen atoms in total. The van der Waals surface area contributed by atoms with Gasteiger partial charge in [-0.3, -0.25) is 4.79 Å². The Balaban J connectivity index is 2.32. The van der Waals surface area contributed by atoms with E-state index in [1.807, 2.05) is 19.0 Å². The van der Waals surface area contributed by atoms with Crippen LogP contribution in [0.2, 0.25) is 0 Å². The van der Waals surface area contributed by atoms with Crippen LogP contribution in [-0.4, -0.2) is 63.0 Å². The summed E-state index contributed by atoms with van der Waals surface area (Å²) in [7, 11) is 5.86. The molecule has 1 N–H and O–H groups in total. The van der Waals surface area contributed by atoms with E-state index in [4.69, 9.17) is 0 Å². The number of amides is 1. The molecular weight excluding hydrogens is 178 g/mol. The number of hydrogen-bond acceptors (Lipinski definition) is 3. The van der Waals surface area contributed by atoms with Crippen LogP contribution in [0.4, 0.5) is 0 Å². The largest absolute Gasteiger partial charge is 0.344 e. The van der Waals surface area contributed by atoms with Crippen LogP contribution in [0.15, 0.2) is 0 Å². The van der Waals surface area contributed by atoms with E-state index in [2.05, 4.69) is 17.3 Å². The van der Waals surface area contributed by atoms with Crippen molar-refractivity contribution in [2.75, 3.05) is 47.3 Å². The zero-order chi connectivity index (χ0) is 10.6. The molecule has 1 amide bonds. The summed E-state index contributed by atoms with van der Waals surface area (Å²) in [6.07, 6.45) is 1.01. The fraction of sp³-hybridized carbons (Fsp3) is 0.900. The summed E-state index contributed by atoms with van der Waals surface area (Å²) in [5.41, 5.74) is 0. The highest BCUT2D eigenvalue weighted by atomic mass is 16.2. The average Bonchev–Trinajstić information content (AvgIpc) is 2.60. The lowest BCUT2D eigenvalue weighted by molar-refractivity contribution is -0.133. The first-order chi connectivity index (χ1) is 6.65. The van der Waals surface area contributed by atoms with Crippen molar-refractivity contribution in [3.63, 3.8) is 0 Å². The van der Waals surface area contributed by atoms with Crippen LogP contribution in [-0.2, 0) is 4.79 Å².